The molecule has 0 bridgehead atoms. The molecule has 0 aliphatic heterocycles. The molecule has 2 heterocycles. The average Bonchev–Trinajstić information content (AvgIpc) is 3.38. The number of furan rings is 1. The number of aromatic nitrogens is 2. The van der Waals surface area contributed by atoms with E-state index in [9.17, 15) is 4.79 Å². The summed E-state index contributed by atoms with van der Waals surface area (Å²) in [7, 11) is 0. The van der Waals surface area contributed by atoms with Gasteiger partial charge < -0.3 is 15.1 Å². The highest BCUT2D eigenvalue weighted by atomic mass is 16.3. The van der Waals surface area contributed by atoms with Crippen molar-refractivity contribution in [2.75, 3.05) is 11.9 Å². The lowest BCUT2D eigenvalue weighted by atomic mass is 10.1. The molecule has 0 atom stereocenters. The summed E-state index contributed by atoms with van der Waals surface area (Å²) < 4.78 is 5.67. The van der Waals surface area contributed by atoms with Gasteiger partial charge in [-0.3, -0.25) is 4.79 Å². The molecule has 0 aromatic carbocycles. The molecule has 1 amide bonds. The lowest BCUT2D eigenvalue weighted by Gasteiger charge is -2.13. The summed E-state index contributed by atoms with van der Waals surface area (Å²) in [6, 6.07) is 0. The van der Waals surface area contributed by atoms with Crippen LogP contribution in [0.3, 0.4) is 0 Å². The monoisotopic (exact) mass is 300 g/mol. The van der Waals surface area contributed by atoms with Gasteiger partial charge in [0, 0.05) is 12.1 Å². The van der Waals surface area contributed by atoms with Gasteiger partial charge in [0.05, 0.1) is 10.9 Å². The molecule has 116 valence electrons. The van der Waals surface area contributed by atoms with E-state index in [1.165, 1.54) is 19.2 Å². The fraction of sp³-hybridized carbons (Fsp3) is 0.562. The Balaban J connectivity index is 1.71. The molecular formula is C16H20N4O2. The van der Waals surface area contributed by atoms with Crippen LogP contribution in [0.5, 0.6) is 0 Å². The second-order valence-corrected chi connectivity index (χ2v) is 6.77. The van der Waals surface area contributed by atoms with E-state index in [1.54, 1.807) is 6.92 Å². The summed E-state index contributed by atoms with van der Waals surface area (Å²) in [6.45, 7) is 4.69. The molecule has 2 aromatic rings. The first-order valence-electron chi connectivity index (χ1n) is 7.86. The lowest BCUT2D eigenvalue weighted by Crippen LogP contribution is -2.26. The predicted molar refractivity (Wildman–Crippen MR) is 82.9 cm³/mol. The number of amides is 1. The average molecular weight is 300 g/mol. The zero-order chi connectivity index (χ0) is 15.3. The minimum Gasteiger partial charge on any atom is -0.442 e. The lowest BCUT2D eigenvalue weighted by molar-refractivity contribution is 0.0951. The first kappa shape index (κ1) is 13.5. The molecule has 2 fully saturated rings. The van der Waals surface area contributed by atoms with Crippen LogP contribution in [0.25, 0.3) is 11.1 Å². The Labute approximate surface area is 128 Å². The zero-order valence-corrected chi connectivity index (χ0v) is 12.9. The van der Waals surface area contributed by atoms with Crippen LogP contribution in [0.4, 0.5) is 5.82 Å². The minimum atomic E-state index is -0.0954. The van der Waals surface area contributed by atoms with Crippen molar-refractivity contribution >= 4 is 22.8 Å². The third kappa shape index (κ3) is 2.42. The van der Waals surface area contributed by atoms with Crippen LogP contribution >= 0.6 is 0 Å². The molecule has 2 N–H and O–H groups in total. The van der Waals surface area contributed by atoms with Crippen molar-refractivity contribution < 1.29 is 9.21 Å². The summed E-state index contributed by atoms with van der Waals surface area (Å²) in [5, 5.41) is 7.13. The van der Waals surface area contributed by atoms with Crippen LogP contribution in [0.1, 0.15) is 48.7 Å². The van der Waals surface area contributed by atoms with Crippen molar-refractivity contribution in [1.82, 2.24) is 15.3 Å². The van der Waals surface area contributed by atoms with Crippen LogP contribution in [-0.2, 0) is 0 Å². The van der Waals surface area contributed by atoms with E-state index in [-0.39, 0.29) is 11.4 Å². The molecule has 2 aliphatic carbocycles. The number of hydrogen-bond acceptors (Lipinski definition) is 5. The largest absolute Gasteiger partial charge is 0.442 e. The zero-order valence-electron chi connectivity index (χ0n) is 12.9. The molecule has 22 heavy (non-hydrogen) atoms. The number of hydrogen-bond donors (Lipinski definition) is 2. The maximum Gasteiger partial charge on any atom is 0.255 e. The highest BCUT2D eigenvalue weighted by Gasteiger charge is 2.38. The van der Waals surface area contributed by atoms with Crippen LogP contribution < -0.4 is 10.6 Å². The number of aryl methyl sites for hydroxylation is 1. The van der Waals surface area contributed by atoms with E-state index in [4.69, 9.17) is 4.42 Å². The Morgan fingerprint density at radius 2 is 2.18 bits per heavy atom. The van der Waals surface area contributed by atoms with Gasteiger partial charge in [0.1, 0.15) is 17.9 Å². The van der Waals surface area contributed by atoms with Crippen molar-refractivity contribution in [2.45, 2.75) is 45.1 Å². The van der Waals surface area contributed by atoms with E-state index < -0.39 is 0 Å². The van der Waals surface area contributed by atoms with E-state index in [2.05, 4.69) is 27.5 Å². The molecule has 0 saturated heterocycles. The Morgan fingerprint density at radius 1 is 1.41 bits per heavy atom. The fourth-order valence-electron chi connectivity index (χ4n) is 2.66. The van der Waals surface area contributed by atoms with Gasteiger partial charge >= 0.3 is 0 Å². The summed E-state index contributed by atoms with van der Waals surface area (Å²) >= 11 is 0. The van der Waals surface area contributed by atoms with Gasteiger partial charge in [-0.05, 0) is 45.4 Å². The number of anilines is 1. The summed E-state index contributed by atoms with van der Waals surface area (Å²) in [6.07, 6.45) is 6.11. The molecule has 6 nitrogen and oxygen atoms in total. The van der Waals surface area contributed by atoms with Crippen molar-refractivity contribution in [2.24, 2.45) is 5.92 Å². The standard InChI is InChI=1S/C16H20N4O2/c1-9-11(14(21)17-7-10-3-4-10)12-13(20-16(2)5-6-16)18-8-19-15(12)22-9/h8,10H,3-7H2,1-2H3,(H,17,21)(H,18,19,20). The van der Waals surface area contributed by atoms with Crippen molar-refractivity contribution in [1.29, 1.82) is 0 Å². The fourth-order valence-corrected chi connectivity index (χ4v) is 2.66. The Hall–Kier alpha value is -2.11. The smallest absolute Gasteiger partial charge is 0.255 e. The van der Waals surface area contributed by atoms with Gasteiger partial charge in [-0.15, -0.1) is 0 Å². The summed E-state index contributed by atoms with van der Waals surface area (Å²) in [5.74, 6) is 1.83. The second-order valence-electron chi connectivity index (χ2n) is 6.77. The molecule has 0 radical (unpaired) electrons. The summed E-state index contributed by atoms with van der Waals surface area (Å²) in [5.41, 5.74) is 1.10. The Kier molecular flexibility index (Phi) is 2.89. The normalized spacial score (nSPS) is 19.2. The highest BCUT2D eigenvalue weighted by molar-refractivity contribution is 6.10. The van der Waals surface area contributed by atoms with Crippen molar-refractivity contribution in [3.05, 3.63) is 17.7 Å². The molecule has 4 rings (SSSR count). The third-order valence-electron chi connectivity index (χ3n) is 4.56. The van der Waals surface area contributed by atoms with E-state index >= 15 is 0 Å². The topological polar surface area (TPSA) is 80.1 Å². The number of nitrogens with one attached hydrogen (secondary N) is 2. The summed E-state index contributed by atoms with van der Waals surface area (Å²) in [4.78, 5) is 21.1. The Bertz CT molecular complexity index is 744. The molecule has 0 unspecified atom stereocenters. The van der Waals surface area contributed by atoms with Crippen LogP contribution in [-0.4, -0.2) is 28.0 Å². The Morgan fingerprint density at radius 3 is 2.86 bits per heavy atom. The van der Waals surface area contributed by atoms with E-state index in [1.807, 2.05) is 0 Å². The first-order valence-corrected chi connectivity index (χ1v) is 7.86. The highest BCUT2D eigenvalue weighted by Crippen LogP contribution is 2.40. The number of carbonyl (C=O) groups is 1. The van der Waals surface area contributed by atoms with Gasteiger partial charge in [-0.25, -0.2) is 9.97 Å². The van der Waals surface area contributed by atoms with Gasteiger partial charge in [0.25, 0.3) is 5.91 Å². The molecule has 2 saturated carbocycles. The van der Waals surface area contributed by atoms with Gasteiger partial charge in [0.15, 0.2) is 0 Å². The van der Waals surface area contributed by atoms with E-state index in [0.717, 1.165) is 19.4 Å². The molecule has 6 heteroatoms. The first-order chi connectivity index (χ1) is 10.6. The number of rotatable bonds is 5. The quantitative estimate of drug-likeness (QED) is 0.887. The number of carbonyl (C=O) groups excluding carboxylic acids is 1. The number of nitrogens with zero attached hydrogens (tertiary/aromatic N) is 2. The van der Waals surface area contributed by atoms with Crippen LogP contribution in [0.15, 0.2) is 10.7 Å². The maximum atomic E-state index is 12.6. The van der Waals surface area contributed by atoms with Gasteiger partial charge in [-0.2, -0.15) is 0 Å². The third-order valence-corrected chi connectivity index (χ3v) is 4.56. The minimum absolute atomic E-state index is 0.0776. The van der Waals surface area contributed by atoms with Crippen molar-refractivity contribution in [3.63, 3.8) is 0 Å². The predicted octanol–water partition coefficient (Wildman–Crippen LogP) is 2.64. The van der Waals surface area contributed by atoms with Crippen molar-refractivity contribution in [3.8, 4) is 0 Å². The van der Waals surface area contributed by atoms with Gasteiger partial charge in [-0.1, -0.05) is 0 Å². The van der Waals surface area contributed by atoms with Crippen LogP contribution in [0, 0.1) is 12.8 Å². The maximum absolute atomic E-state index is 12.6. The SMILES string of the molecule is Cc1oc2ncnc(NC3(C)CC3)c2c1C(=O)NCC1CC1. The van der Waals surface area contributed by atoms with Gasteiger partial charge in [0.2, 0.25) is 5.71 Å². The number of fused-ring (bicyclic) bond motifs is 1. The molecule has 2 aliphatic rings. The molecule has 0 spiro atoms. The second kappa shape index (κ2) is 4.69. The van der Waals surface area contributed by atoms with E-state index in [0.29, 0.717) is 34.2 Å². The van der Waals surface area contributed by atoms with Crippen LogP contribution in [0.2, 0.25) is 0 Å². The molecular weight excluding hydrogens is 280 g/mol. The molecule has 2 aromatic heterocycles.